The fourth-order valence-electron chi connectivity index (χ4n) is 1.72. The fraction of sp³-hybridized carbons (Fsp3) is 0. The highest BCUT2D eigenvalue weighted by Crippen LogP contribution is 2.17. The number of halogens is 1. The number of urea groups is 1. The first-order chi connectivity index (χ1) is 10.1. The summed E-state index contributed by atoms with van der Waals surface area (Å²) in [6, 6.07) is 13.3. The van der Waals surface area contributed by atoms with Gasteiger partial charge in [-0.2, -0.15) is 0 Å². The Morgan fingerprint density at radius 3 is 2.48 bits per heavy atom. The van der Waals surface area contributed by atoms with Crippen molar-refractivity contribution < 1.29 is 9.59 Å². The predicted molar refractivity (Wildman–Crippen MR) is 84.9 cm³/mol. The van der Waals surface area contributed by atoms with E-state index in [-0.39, 0.29) is 5.56 Å². The average Bonchev–Trinajstić information content (AvgIpc) is 2.47. The Labute approximate surface area is 129 Å². The number of hydrazine groups is 1. The number of hydrogen-bond donors (Lipinski definition) is 4. The molecule has 0 aliphatic rings. The minimum atomic E-state index is -0.478. The van der Waals surface area contributed by atoms with E-state index in [0.29, 0.717) is 11.4 Å². The highest BCUT2D eigenvalue weighted by atomic mass is 79.9. The predicted octanol–water partition coefficient (Wildman–Crippen LogP) is 2.70. The Balaban J connectivity index is 2.11. The summed E-state index contributed by atoms with van der Waals surface area (Å²) in [6.45, 7) is 0. The molecule has 5 N–H and O–H groups in total. The van der Waals surface area contributed by atoms with Crippen LogP contribution in [0.4, 0.5) is 16.2 Å². The molecular weight excluding hydrogens is 336 g/mol. The molecule has 0 unspecified atom stereocenters. The van der Waals surface area contributed by atoms with E-state index in [4.69, 9.17) is 5.84 Å². The topological polar surface area (TPSA) is 96.2 Å². The number of rotatable bonds is 3. The van der Waals surface area contributed by atoms with E-state index in [1.165, 1.54) is 0 Å². The van der Waals surface area contributed by atoms with E-state index in [0.717, 1.165) is 4.47 Å². The van der Waals surface area contributed by atoms with Crippen LogP contribution in [0.15, 0.2) is 53.0 Å². The molecule has 0 fully saturated rings. The van der Waals surface area contributed by atoms with Crippen molar-refractivity contribution in [1.29, 1.82) is 0 Å². The smallest absolute Gasteiger partial charge is 0.308 e. The Morgan fingerprint density at radius 1 is 1.00 bits per heavy atom. The molecule has 0 aliphatic heterocycles. The second-order valence-electron chi connectivity index (χ2n) is 4.11. The molecule has 0 saturated carbocycles. The molecule has 0 atom stereocenters. The normalized spacial score (nSPS) is 9.81. The van der Waals surface area contributed by atoms with Crippen molar-refractivity contribution in [2.45, 2.75) is 0 Å². The average molecular weight is 349 g/mol. The lowest BCUT2D eigenvalue weighted by Crippen LogP contribution is -2.31. The van der Waals surface area contributed by atoms with Crippen LogP contribution in [0.5, 0.6) is 0 Å². The molecule has 21 heavy (non-hydrogen) atoms. The van der Waals surface area contributed by atoms with Crippen molar-refractivity contribution in [3.63, 3.8) is 0 Å². The molecule has 2 aromatic carbocycles. The van der Waals surface area contributed by atoms with Crippen LogP contribution in [-0.4, -0.2) is 11.9 Å². The summed E-state index contributed by atoms with van der Waals surface area (Å²) in [4.78, 5) is 23.6. The van der Waals surface area contributed by atoms with Gasteiger partial charge in [-0.15, -0.1) is 0 Å². The molecule has 6 nitrogen and oxygen atoms in total. The number of nitrogens with one attached hydrogen (secondary N) is 3. The van der Waals surface area contributed by atoms with Crippen LogP contribution in [0.3, 0.4) is 0 Å². The maximum absolute atomic E-state index is 12.0. The fourth-order valence-corrected chi connectivity index (χ4v) is 2.12. The molecule has 7 heteroatoms. The molecule has 2 aromatic rings. The summed E-state index contributed by atoms with van der Waals surface area (Å²) >= 11 is 3.32. The maximum atomic E-state index is 12.0. The molecule has 3 amide bonds. The van der Waals surface area contributed by atoms with Crippen molar-refractivity contribution in [1.82, 2.24) is 5.43 Å². The molecule has 0 radical (unpaired) electrons. The zero-order valence-corrected chi connectivity index (χ0v) is 12.5. The number of nitrogen functional groups attached to an aromatic ring is 1. The number of benzene rings is 2. The van der Waals surface area contributed by atoms with E-state index in [2.05, 4.69) is 26.6 Å². The quantitative estimate of drug-likeness (QED) is 0.390. The molecule has 0 aliphatic carbocycles. The SMILES string of the molecule is NNC(=O)c1ccccc1NC(=O)Nc1cccc(Br)c1. The lowest BCUT2D eigenvalue weighted by molar-refractivity contribution is 0.0954. The number of amides is 3. The lowest BCUT2D eigenvalue weighted by atomic mass is 10.1. The third kappa shape index (κ3) is 4.04. The van der Waals surface area contributed by atoms with Gasteiger partial charge in [0.1, 0.15) is 0 Å². The second kappa shape index (κ2) is 6.87. The molecule has 0 spiro atoms. The second-order valence-corrected chi connectivity index (χ2v) is 5.02. The van der Waals surface area contributed by atoms with Crippen LogP contribution < -0.4 is 21.9 Å². The summed E-state index contributed by atoms with van der Waals surface area (Å²) in [5.41, 5.74) is 3.31. The van der Waals surface area contributed by atoms with Crippen LogP contribution in [0.2, 0.25) is 0 Å². The Kier molecular flexibility index (Phi) is 4.91. The molecule has 108 valence electrons. The third-order valence-corrected chi connectivity index (χ3v) is 3.13. The zero-order chi connectivity index (χ0) is 15.2. The minimum absolute atomic E-state index is 0.282. The van der Waals surface area contributed by atoms with Crippen LogP contribution in [0.1, 0.15) is 10.4 Å². The number of carbonyl (C=O) groups is 2. The molecule has 0 saturated heterocycles. The van der Waals surface area contributed by atoms with Gasteiger partial charge in [-0.25, -0.2) is 10.6 Å². The number of para-hydroxylation sites is 1. The summed E-state index contributed by atoms with van der Waals surface area (Å²) in [5, 5.41) is 5.28. The monoisotopic (exact) mass is 348 g/mol. The Bertz CT molecular complexity index is 676. The van der Waals surface area contributed by atoms with Gasteiger partial charge in [0.05, 0.1) is 11.3 Å². The minimum Gasteiger partial charge on any atom is -0.308 e. The standard InChI is InChI=1S/C14H13BrN4O2/c15-9-4-3-5-10(8-9)17-14(21)18-12-7-2-1-6-11(12)13(20)19-16/h1-8H,16H2,(H,19,20)(H2,17,18,21). The largest absolute Gasteiger partial charge is 0.323 e. The number of hydrogen-bond acceptors (Lipinski definition) is 3. The van der Waals surface area contributed by atoms with Gasteiger partial charge in [-0.05, 0) is 30.3 Å². The van der Waals surface area contributed by atoms with Gasteiger partial charge in [-0.1, -0.05) is 34.1 Å². The van der Waals surface area contributed by atoms with E-state index < -0.39 is 11.9 Å². The van der Waals surface area contributed by atoms with Gasteiger partial charge < -0.3 is 10.6 Å². The van der Waals surface area contributed by atoms with E-state index >= 15 is 0 Å². The first-order valence-electron chi connectivity index (χ1n) is 6.03. The van der Waals surface area contributed by atoms with Crippen LogP contribution in [0.25, 0.3) is 0 Å². The van der Waals surface area contributed by atoms with Crippen LogP contribution in [0, 0.1) is 0 Å². The Hall–Kier alpha value is -2.38. The third-order valence-electron chi connectivity index (χ3n) is 2.63. The molecule has 0 aromatic heterocycles. The first kappa shape index (κ1) is 15.0. The van der Waals surface area contributed by atoms with Crippen molar-refractivity contribution >= 4 is 39.2 Å². The highest BCUT2D eigenvalue weighted by molar-refractivity contribution is 9.10. The van der Waals surface area contributed by atoms with Crippen molar-refractivity contribution in [3.8, 4) is 0 Å². The van der Waals surface area contributed by atoms with Crippen LogP contribution >= 0.6 is 15.9 Å². The van der Waals surface area contributed by atoms with Crippen molar-refractivity contribution in [2.75, 3.05) is 10.6 Å². The molecule has 0 bridgehead atoms. The van der Waals surface area contributed by atoms with Gasteiger partial charge >= 0.3 is 6.03 Å². The van der Waals surface area contributed by atoms with Gasteiger partial charge in [0, 0.05) is 10.2 Å². The van der Waals surface area contributed by atoms with E-state index in [1.807, 2.05) is 11.5 Å². The van der Waals surface area contributed by atoms with Gasteiger partial charge in [0.15, 0.2) is 0 Å². The molecule has 2 rings (SSSR count). The van der Waals surface area contributed by atoms with E-state index in [1.54, 1.807) is 42.5 Å². The number of anilines is 2. The zero-order valence-electron chi connectivity index (χ0n) is 10.9. The number of carbonyl (C=O) groups excluding carboxylic acids is 2. The molecular formula is C14H13BrN4O2. The van der Waals surface area contributed by atoms with Crippen molar-refractivity contribution in [2.24, 2.45) is 5.84 Å². The van der Waals surface area contributed by atoms with Gasteiger partial charge in [-0.3, -0.25) is 10.2 Å². The molecule has 0 heterocycles. The van der Waals surface area contributed by atoms with E-state index in [9.17, 15) is 9.59 Å². The summed E-state index contributed by atoms with van der Waals surface area (Å²) in [7, 11) is 0. The van der Waals surface area contributed by atoms with Gasteiger partial charge in [0.25, 0.3) is 5.91 Å². The highest BCUT2D eigenvalue weighted by Gasteiger charge is 2.11. The first-order valence-corrected chi connectivity index (χ1v) is 6.83. The maximum Gasteiger partial charge on any atom is 0.323 e. The lowest BCUT2D eigenvalue weighted by Gasteiger charge is -2.11. The summed E-state index contributed by atoms with van der Waals surface area (Å²) in [6.07, 6.45) is 0. The van der Waals surface area contributed by atoms with Crippen LogP contribution in [-0.2, 0) is 0 Å². The Morgan fingerprint density at radius 2 is 1.76 bits per heavy atom. The summed E-state index contributed by atoms with van der Waals surface area (Å²) < 4.78 is 0.850. The number of nitrogens with two attached hydrogens (primary N) is 1. The summed E-state index contributed by atoms with van der Waals surface area (Å²) in [5.74, 6) is 4.63. The van der Waals surface area contributed by atoms with Crippen molar-refractivity contribution in [3.05, 3.63) is 58.6 Å². The van der Waals surface area contributed by atoms with Gasteiger partial charge in [0.2, 0.25) is 0 Å².